The highest BCUT2D eigenvalue weighted by Gasteiger charge is 2.31. The highest BCUT2D eigenvalue weighted by atomic mass is 35.5. The number of anilines is 1. The van der Waals surface area contributed by atoms with Crippen molar-refractivity contribution in [3.05, 3.63) is 28.8 Å². The van der Waals surface area contributed by atoms with Crippen molar-refractivity contribution in [2.24, 2.45) is 0 Å². The molecule has 18 heavy (non-hydrogen) atoms. The van der Waals surface area contributed by atoms with E-state index in [1.807, 2.05) is 0 Å². The number of carbonyl (C=O) groups excluding carboxylic acids is 1. The van der Waals surface area contributed by atoms with Crippen LogP contribution in [0.3, 0.4) is 0 Å². The predicted molar refractivity (Wildman–Crippen MR) is 69.5 cm³/mol. The summed E-state index contributed by atoms with van der Waals surface area (Å²) in [4.78, 5) is 24.3. The van der Waals surface area contributed by atoms with E-state index in [0.717, 1.165) is 6.42 Å². The van der Waals surface area contributed by atoms with Crippen molar-refractivity contribution in [3.8, 4) is 0 Å². The van der Waals surface area contributed by atoms with Crippen LogP contribution in [-0.4, -0.2) is 29.4 Å². The Morgan fingerprint density at radius 1 is 1.44 bits per heavy atom. The van der Waals surface area contributed by atoms with Gasteiger partial charge in [0, 0.05) is 12.1 Å². The van der Waals surface area contributed by atoms with Gasteiger partial charge in [-0.05, 0) is 38.0 Å². The summed E-state index contributed by atoms with van der Waals surface area (Å²) in [6.45, 7) is 2.13. The van der Waals surface area contributed by atoms with Crippen LogP contribution in [0.1, 0.15) is 30.1 Å². The SMILES string of the molecule is CC(=O)c1ccc(Cl)c(N2CCCC2C(=O)O)c1. The lowest BCUT2D eigenvalue weighted by molar-refractivity contribution is -0.138. The molecule has 0 radical (unpaired) electrons. The highest BCUT2D eigenvalue weighted by Crippen LogP contribution is 2.32. The zero-order valence-electron chi connectivity index (χ0n) is 10.0. The van der Waals surface area contributed by atoms with E-state index >= 15 is 0 Å². The normalized spacial score (nSPS) is 19.0. The summed E-state index contributed by atoms with van der Waals surface area (Å²) in [5.41, 5.74) is 1.18. The van der Waals surface area contributed by atoms with E-state index in [0.29, 0.717) is 29.2 Å². The number of carboxylic acids is 1. The molecule has 4 nitrogen and oxygen atoms in total. The quantitative estimate of drug-likeness (QED) is 0.856. The molecule has 1 aromatic carbocycles. The lowest BCUT2D eigenvalue weighted by Crippen LogP contribution is -2.36. The molecule has 1 aromatic rings. The lowest BCUT2D eigenvalue weighted by atomic mass is 10.1. The standard InChI is InChI=1S/C13H14ClNO3/c1-8(16)9-4-5-10(14)12(7-9)15-6-2-3-11(15)13(17)18/h4-5,7,11H,2-3,6H2,1H3,(H,17,18). The summed E-state index contributed by atoms with van der Waals surface area (Å²) < 4.78 is 0. The average molecular weight is 268 g/mol. The molecule has 0 saturated carbocycles. The number of carboxylic acid groups (broad SMARTS) is 1. The first kappa shape index (κ1) is 12.9. The van der Waals surface area contributed by atoms with E-state index in [4.69, 9.17) is 16.7 Å². The molecule has 0 aromatic heterocycles. The van der Waals surface area contributed by atoms with Gasteiger partial charge in [-0.2, -0.15) is 0 Å². The average Bonchev–Trinajstić information content (AvgIpc) is 2.78. The smallest absolute Gasteiger partial charge is 0.326 e. The number of benzene rings is 1. The minimum Gasteiger partial charge on any atom is -0.480 e. The summed E-state index contributed by atoms with van der Waals surface area (Å²) in [6.07, 6.45) is 1.42. The highest BCUT2D eigenvalue weighted by molar-refractivity contribution is 6.33. The van der Waals surface area contributed by atoms with Crippen molar-refractivity contribution in [2.75, 3.05) is 11.4 Å². The van der Waals surface area contributed by atoms with E-state index in [2.05, 4.69) is 0 Å². The minimum atomic E-state index is -0.850. The first-order chi connectivity index (χ1) is 8.50. The molecule has 0 aliphatic carbocycles. The Morgan fingerprint density at radius 3 is 2.78 bits per heavy atom. The number of halogens is 1. The zero-order valence-corrected chi connectivity index (χ0v) is 10.8. The summed E-state index contributed by atoms with van der Waals surface area (Å²) in [7, 11) is 0. The molecule has 0 spiro atoms. The van der Waals surface area contributed by atoms with Gasteiger partial charge in [0.25, 0.3) is 0 Å². The number of carbonyl (C=O) groups is 2. The van der Waals surface area contributed by atoms with Gasteiger partial charge in [-0.3, -0.25) is 4.79 Å². The van der Waals surface area contributed by atoms with Gasteiger partial charge in [0.15, 0.2) is 5.78 Å². The Bertz CT molecular complexity index is 501. The van der Waals surface area contributed by atoms with Crippen LogP contribution >= 0.6 is 11.6 Å². The second-order valence-corrected chi connectivity index (χ2v) is 4.82. The molecule has 1 saturated heterocycles. The fourth-order valence-electron chi connectivity index (χ4n) is 2.26. The molecule has 1 atom stereocenters. The van der Waals surface area contributed by atoms with Gasteiger partial charge in [0.2, 0.25) is 0 Å². The van der Waals surface area contributed by atoms with Crippen molar-refractivity contribution in [3.63, 3.8) is 0 Å². The number of hydrogen-bond acceptors (Lipinski definition) is 3. The molecule has 0 bridgehead atoms. The molecule has 1 N–H and O–H groups in total. The molecular weight excluding hydrogens is 254 g/mol. The maximum absolute atomic E-state index is 11.4. The Balaban J connectivity index is 2.40. The number of nitrogens with zero attached hydrogens (tertiary/aromatic N) is 1. The Labute approximate surface area is 110 Å². The molecule has 1 aliphatic rings. The number of aliphatic carboxylic acids is 1. The van der Waals surface area contributed by atoms with Crippen LogP contribution in [0, 0.1) is 0 Å². The number of ketones is 1. The fourth-order valence-corrected chi connectivity index (χ4v) is 2.49. The maximum Gasteiger partial charge on any atom is 0.326 e. The topological polar surface area (TPSA) is 57.6 Å². The second-order valence-electron chi connectivity index (χ2n) is 4.41. The van der Waals surface area contributed by atoms with Gasteiger partial charge < -0.3 is 10.0 Å². The predicted octanol–water partition coefficient (Wildman–Crippen LogP) is 2.60. The number of rotatable bonds is 3. The van der Waals surface area contributed by atoms with Gasteiger partial charge in [-0.15, -0.1) is 0 Å². The molecule has 2 rings (SSSR count). The molecule has 0 amide bonds. The second kappa shape index (κ2) is 4.98. The van der Waals surface area contributed by atoms with Gasteiger partial charge in [0.05, 0.1) is 10.7 Å². The molecule has 1 aliphatic heterocycles. The van der Waals surface area contributed by atoms with Gasteiger partial charge >= 0.3 is 5.97 Å². The van der Waals surface area contributed by atoms with Crippen LogP contribution in [0.5, 0.6) is 0 Å². The maximum atomic E-state index is 11.4. The summed E-state index contributed by atoms with van der Waals surface area (Å²) in [5.74, 6) is -0.907. The Morgan fingerprint density at radius 2 is 2.17 bits per heavy atom. The van der Waals surface area contributed by atoms with Crippen molar-refractivity contribution < 1.29 is 14.7 Å². The van der Waals surface area contributed by atoms with Crippen LogP contribution in [0.4, 0.5) is 5.69 Å². The summed E-state index contributed by atoms with van der Waals surface area (Å²) >= 11 is 6.11. The molecule has 1 fully saturated rings. The molecule has 96 valence electrons. The number of hydrogen-bond donors (Lipinski definition) is 1. The van der Waals surface area contributed by atoms with E-state index < -0.39 is 12.0 Å². The van der Waals surface area contributed by atoms with Gasteiger partial charge in [0.1, 0.15) is 6.04 Å². The summed E-state index contributed by atoms with van der Waals surface area (Å²) in [5, 5.41) is 9.64. The first-order valence-electron chi connectivity index (χ1n) is 5.80. The van der Waals surface area contributed by atoms with Crippen LogP contribution in [-0.2, 0) is 4.79 Å². The molecular formula is C13H14ClNO3. The first-order valence-corrected chi connectivity index (χ1v) is 6.18. The molecule has 5 heteroatoms. The van der Waals surface area contributed by atoms with Crippen molar-refractivity contribution in [1.82, 2.24) is 0 Å². The van der Waals surface area contributed by atoms with E-state index in [1.165, 1.54) is 6.92 Å². The van der Waals surface area contributed by atoms with Crippen LogP contribution in [0.15, 0.2) is 18.2 Å². The number of Topliss-reactive ketones (excluding diaryl/α,β-unsaturated/α-hetero) is 1. The van der Waals surface area contributed by atoms with Crippen molar-refractivity contribution in [1.29, 1.82) is 0 Å². The third-order valence-electron chi connectivity index (χ3n) is 3.20. The van der Waals surface area contributed by atoms with Crippen LogP contribution in [0.2, 0.25) is 5.02 Å². The molecule has 1 unspecified atom stereocenters. The Hall–Kier alpha value is -1.55. The van der Waals surface area contributed by atoms with Crippen LogP contribution in [0.25, 0.3) is 0 Å². The van der Waals surface area contributed by atoms with Gasteiger partial charge in [-0.1, -0.05) is 11.6 Å². The third-order valence-corrected chi connectivity index (χ3v) is 3.52. The Kier molecular flexibility index (Phi) is 3.57. The summed E-state index contributed by atoms with van der Waals surface area (Å²) in [6, 6.07) is 4.42. The van der Waals surface area contributed by atoms with E-state index in [1.54, 1.807) is 23.1 Å². The fraction of sp³-hybridized carbons (Fsp3) is 0.385. The van der Waals surface area contributed by atoms with Crippen LogP contribution < -0.4 is 4.90 Å². The van der Waals surface area contributed by atoms with E-state index in [-0.39, 0.29) is 5.78 Å². The monoisotopic (exact) mass is 267 g/mol. The van der Waals surface area contributed by atoms with E-state index in [9.17, 15) is 9.59 Å². The third kappa shape index (κ3) is 2.34. The minimum absolute atomic E-state index is 0.0565. The largest absolute Gasteiger partial charge is 0.480 e. The lowest BCUT2D eigenvalue weighted by Gasteiger charge is -2.25. The van der Waals surface area contributed by atoms with Crippen molar-refractivity contribution >= 4 is 29.0 Å². The van der Waals surface area contributed by atoms with Gasteiger partial charge in [-0.25, -0.2) is 4.79 Å². The molecule has 1 heterocycles. The van der Waals surface area contributed by atoms with Crippen molar-refractivity contribution in [2.45, 2.75) is 25.8 Å². The zero-order chi connectivity index (χ0) is 13.3.